The third kappa shape index (κ3) is 3.49. The van der Waals surface area contributed by atoms with Gasteiger partial charge in [0.1, 0.15) is 4.90 Å². The quantitative estimate of drug-likeness (QED) is 0.588. The molecule has 21 heavy (non-hydrogen) atoms. The Morgan fingerprint density at radius 3 is 2.57 bits per heavy atom. The van der Waals surface area contributed by atoms with Gasteiger partial charge in [-0.3, -0.25) is 10.2 Å². The molecule has 0 fully saturated rings. The summed E-state index contributed by atoms with van der Waals surface area (Å²) in [5.74, 6) is 0. The van der Waals surface area contributed by atoms with Crippen LogP contribution in [0.3, 0.4) is 0 Å². The number of nitrogens with zero attached hydrogens (tertiary/aromatic N) is 2. The molecule has 0 radical (unpaired) electrons. The van der Waals surface area contributed by atoms with Crippen molar-refractivity contribution in [3.63, 3.8) is 0 Å². The molecule has 0 saturated carbocycles. The van der Waals surface area contributed by atoms with E-state index in [4.69, 9.17) is 0 Å². The van der Waals surface area contributed by atoms with Crippen LogP contribution in [0.25, 0.3) is 0 Å². The summed E-state index contributed by atoms with van der Waals surface area (Å²) in [4.78, 5) is 0.213. The second kappa shape index (κ2) is 6.37. The summed E-state index contributed by atoms with van der Waals surface area (Å²) in [6.07, 6.45) is 1.61. The second-order valence-electron chi connectivity index (χ2n) is 4.75. The Hall–Kier alpha value is -1.71. The molecule has 2 aromatic heterocycles. The maximum absolute atomic E-state index is 12.5. The lowest BCUT2D eigenvalue weighted by molar-refractivity contribution is 0.578. The van der Waals surface area contributed by atoms with E-state index in [0.29, 0.717) is 17.9 Å². The largest absolute Gasteiger partial charge is 0.311 e. The minimum Gasteiger partial charge on any atom is -0.311 e. The fourth-order valence-electron chi connectivity index (χ4n) is 1.99. The van der Waals surface area contributed by atoms with Gasteiger partial charge >= 0.3 is 0 Å². The van der Waals surface area contributed by atoms with Crippen LogP contribution in [0.2, 0.25) is 0 Å². The minimum atomic E-state index is -3.63. The van der Waals surface area contributed by atoms with Gasteiger partial charge in [-0.1, -0.05) is 6.92 Å². The molecule has 2 heterocycles. The van der Waals surface area contributed by atoms with E-state index in [9.17, 15) is 8.42 Å². The van der Waals surface area contributed by atoms with Crippen molar-refractivity contribution >= 4 is 10.0 Å². The molecule has 0 amide bonds. The monoisotopic (exact) mass is 312 g/mol. The number of aryl methyl sites for hydroxylation is 2. The molecule has 116 valence electrons. The van der Waals surface area contributed by atoms with Crippen molar-refractivity contribution in [2.24, 2.45) is 0 Å². The topological polar surface area (TPSA) is 116 Å². The maximum Gasteiger partial charge on any atom is 0.244 e. The minimum absolute atomic E-state index is 0.190. The van der Waals surface area contributed by atoms with Gasteiger partial charge in [0.2, 0.25) is 10.0 Å². The number of aromatic nitrogens is 4. The molecular formula is C12H20N6O2S. The van der Waals surface area contributed by atoms with E-state index in [0.717, 1.165) is 17.8 Å². The Kier molecular flexibility index (Phi) is 4.76. The lowest BCUT2D eigenvalue weighted by Gasteiger charge is -2.08. The highest BCUT2D eigenvalue weighted by Gasteiger charge is 2.24. The third-order valence-corrected chi connectivity index (χ3v) is 4.76. The highest BCUT2D eigenvalue weighted by atomic mass is 32.2. The Balaban J connectivity index is 2.19. The Labute approximate surface area is 123 Å². The lowest BCUT2D eigenvalue weighted by atomic mass is 10.3. The average molecular weight is 312 g/mol. The number of aromatic amines is 2. The van der Waals surface area contributed by atoms with E-state index in [2.05, 4.69) is 30.4 Å². The number of rotatable bonds is 7. The van der Waals surface area contributed by atoms with Crippen LogP contribution in [0.1, 0.15) is 29.6 Å². The molecular weight excluding hydrogens is 292 g/mol. The van der Waals surface area contributed by atoms with Gasteiger partial charge in [-0.2, -0.15) is 10.2 Å². The van der Waals surface area contributed by atoms with Gasteiger partial charge in [0, 0.05) is 24.3 Å². The first kappa shape index (κ1) is 15.7. The SMILES string of the molecule is CCNCc1n[nH]c(C)c1S(=O)(=O)NCc1cn[nH]c1C. The van der Waals surface area contributed by atoms with Crippen LogP contribution in [0, 0.1) is 13.8 Å². The summed E-state index contributed by atoms with van der Waals surface area (Å²) < 4.78 is 27.5. The van der Waals surface area contributed by atoms with E-state index in [1.54, 1.807) is 13.1 Å². The van der Waals surface area contributed by atoms with Gasteiger partial charge in [-0.25, -0.2) is 13.1 Å². The van der Waals surface area contributed by atoms with Gasteiger partial charge in [0.05, 0.1) is 17.6 Å². The Morgan fingerprint density at radius 1 is 1.19 bits per heavy atom. The Bertz CT molecular complexity index is 703. The molecule has 0 saturated heterocycles. The van der Waals surface area contributed by atoms with Crippen molar-refractivity contribution in [3.8, 4) is 0 Å². The Morgan fingerprint density at radius 2 is 1.95 bits per heavy atom. The highest BCUT2D eigenvalue weighted by Crippen LogP contribution is 2.18. The van der Waals surface area contributed by atoms with E-state index in [1.807, 2.05) is 13.8 Å². The van der Waals surface area contributed by atoms with Crippen molar-refractivity contribution in [1.29, 1.82) is 0 Å². The molecule has 0 bridgehead atoms. The van der Waals surface area contributed by atoms with Crippen molar-refractivity contribution < 1.29 is 8.42 Å². The summed E-state index contributed by atoms with van der Waals surface area (Å²) in [6, 6.07) is 0. The summed E-state index contributed by atoms with van der Waals surface area (Å²) >= 11 is 0. The number of sulfonamides is 1. The van der Waals surface area contributed by atoms with Crippen LogP contribution in [-0.2, 0) is 23.1 Å². The van der Waals surface area contributed by atoms with E-state index >= 15 is 0 Å². The predicted octanol–water partition coefficient (Wildman–Crippen LogP) is 0.338. The second-order valence-corrected chi connectivity index (χ2v) is 6.45. The fourth-order valence-corrected chi connectivity index (χ4v) is 3.35. The zero-order valence-electron chi connectivity index (χ0n) is 12.3. The van der Waals surface area contributed by atoms with Crippen LogP contribution in [0.15, 0.2) is 11.1 Å². The van der Waals surface area contributed by atoms with E-state index < -0.39 is 10.0 Å². The maximum atomic E-state index is 12.5. The first-order valence-electron chi connectivity index (χ1n) is 6.68. The highest BCUT2D eigenvalue weighted by molar-refractivity contribution is 7.89. The summed E-state index contributed by atoms with van der Waals surface area (Å²) in [6.45, 7) is 6.83. The van der Waals surface area contributed by atoms with Crippen LogP contribution in [0.4, 0.5) is 0 Å². The van der Waals surface area contributed by atoms with Crippen molar-refractivity contribution in [2.75, 3.05) is 6.54 Å². The van der Waals surface area contributed by atoms with Crippen molar-refractivity contribution in [1.82, 2.24) is 30.4 Å². The number of H-pyrrole nitrogens is 2. The summed E-state index contributed by atoms with van der Waals surface area (Å²) in [5.41, 5.74) is 2.67. The molecule has 0 atom stereocenters. The number of hydrogen-bond acceptors (Lipinski definition) is 5. The molecule has 0 aliphatic heterocycles. The molecule has 0 aliphatic rings. The van der Waals surface area contributed by atoms with Gasteiger partial charge < -0.3 is 5.32 Å². The molecule has 8 nitrogen and oxygen atoms in total. The summed E-state index contributed by atoms with van der Waals surface area (Å²) in [5, 5.41) is 16.5. The molecule has 2 rings (SSSR count). The first-order chi connectivity index (χ1) is 9.95. The van der Waals surface area contributed by atoms with Gasteiger partial charge in [0.25, 0.3) is 0 Å². The molecule has 0 aromatic carbocycles. The molecule has 0 spiro atoms. The average Bonchev–Trinajstić information content (AvgIpc) is 3.00. The standard InChI is InChI=1S/C12H20N6O2S/c1-4-13-7-11-12(9(3)17-18-11)21(19,20)15-6-10-5-14-16-8(10)2/h5,13,15H,4,6-7H2,1-3H3,(H,14,16)(H,17,18). The third-order valence-electron chi connectivity index (χ3n) is 3.16. The van der Waals surface area contributed by atoms with Gasteiger partial charge in [-0.15, -0.1) is 0 Å². The van der Waals surface area contributed by atoms with Crippen LogP contribution < -0.4 is 10.0 Å². The van der Waals surface area contributed by atoms with Crippen LogP contribution in [-0.4, -0.2) is 35.4 Å². The van der Waals surface area contributed by atoms with Gasteiger partial charge in [-0.05, 0) is 20.4 Å². The summed E-state index contributed by atoms with van der Waals surface area (Å²) in [7, 11) is -3.63. The predicted molar refractivity (Wildman–Crippen MR) is 78.1 cm³/mol. The van der Waals surface area contributed by atoms with E-state index in [-0.39, 0.29) is 11.4 Å². The molecule has 0 aliphatic carbocycles. The fraction of sp³-hybridized carbons (Fsp3) is 0.500. The van der Waals surface area contributed by atoms with Crippen LogP contribution >= 0.6 is 0 Å². The molecule has 0 unspecified atom stereocenters. The smallest absolute Gasteiger partial charge is 0.244 e. The van der Waals surface area contributed by atoms with Crippen LogP contribution in [0.5, 0.6) is 0 Å². The molecule has 9 heteroatoms. The number of hydrogen-bond donors (Lipinski definition) is 4. The molecule has 4 N–H and O–H groups in total. The van der Waals surface area contributed by atoms with E-state index in [1.165, 1.54) is 0 Å². The number of nitrogens with one attached hydrogen (secondary N) is 4. The van der Waals surface area contributed by atoms with Gasteiger partial charge in [0.15, 0.2) is 0 Å². The molecule has 2 aromatic rings. The van der Waals surface area contributed by atoms with Crippen molar-refractivity contribution in [3.05, 3.63) is 28.8 Å². The normalized spacial score (nSPS) is 12.0. The zero-order chi connectivity index (χ0) is 15.5. The lowest BCUT2D eigenvalue weighted by Crippen LogP contribution is -2.25. The zero-order valence-corrected chi connectivity index (χ0v) is 13.1. The van der Waals surface area contributed by atoms with Crippen molar-refractivity contribution in [2.45, 2.75) is 38.8 Å². The first-order valence-corrected chi connectivity index (χ1v) is 8.17.